The summed E-state index contributed by atoms with van der Waals surface area (Å²) < 4.78 is 23.2. The number of amides is 2. The third-order valence-corrected chi connectivity index (χ3v) is 10.1. The van der Waals surface area contributed by atoms with E-state index in [0.29, 0.717) is 77.8 Å². The number of hydrogen-bond donors (Lipinski definition) is 1. The van der Waals surface area contributed by atoms with Gasteiger partial charge in [-0.2, -0.15) is 0 Å². The van der Waals surface area contributed by atoms with Gasteiger partial charge in [0.2, 0.25) is 0 Å². The smallest absolute Gasteiger partial charge is 0.410 e. The second-order valence-corrected chi connectivity index (χ2v) is 20.1. The van der Waals surface area contributed by atoms with Gasteiger partial charge in [-0.1, -0.05) is 48.5 Å². The van der Waals surface area contributed by atoms with Crippen molar-refractivity contribution in [3.05, 3.63) is 70.8 Å². The molecule has 4 rings (SSSR count). The van der Waals surface area contributed by atoms with Crippen LogP contribution in [0.3, 0.4) is 0 Å². The molecule has 2 aromatic rings. The maximum Gasteiger partial charge on any atom is 0.410 e. The lowest BCUT2D eigenvalue weighted by molar-refractivity contribution is -0.171. The van der Waals surface area contributed by atoms with Crippen LogP contribution in [0.15, 0.2) is 48.5 Å². The van der Waals surface area contributed by atoms with E-state index in [1.54, 1.807) is 9.80 Å². The fraction of sp³-hybridized carbons (Fsp3) is 0.652. The van der Waals surface area contributed by atoms with E-state index in [1.807, 2.05) is 95.2 Å². The molecule has 2 heterocycles. The Morgan fingerprint density at radius 1 is 0.509 bits per heavy atom. The molecule has 11 heteroatoms. The van der Waals surface area contributed by atoms with Gasteiger partial charge in [-0.3, -0.25) is 9.59 Å². The van der Waals surface area contributed by atoms with Gasteiger partial charge in [0.1, 0.15) is 22.4 Å². The van der Waals surface area contributed by atoms with Crippen LogP contribution in [0.25, 0.3) is 0 Å². The van der Waals surface area contributed by atoms with Crippen molar-refractivity contribution in [2.45, 2.75) is 157 Å². The minimum Gasteiger partial charge on any atom is -0.460 e. The number of nitrogens with zero attached hydrogens (tertiary/aromatic N) is 2. The summed E-state index contributed by atoms with van der Waals surface area (Å²) in [6.07, 6.45) is 2.23. The van der Waals surface area contributed by atoms with Crippen LogP contribution in [0.4, 0.5) is 9.59 Å². The Morgan fingerprint density at radius 2 is 0.807 bits per heavy atom. The topological polar surface area (TPSA) is 124 Å². The fourth-order valence-corrected chi connectivity index (χ4v) is 7.40. The summed E-state index contributed by atoms with van der Waals surface area (Å²) in [4.78, 5) is 56.7. The first kappa shape index (κ1) is 45.6. The number of carbonyl (C=O) groups excluding carboxylic acids is 4. The number of ether oxygens (including phenoxy) is 4. The third kappa shape index (κ3) is 14.0. The molecule has 0 saturated carbocycles. The lowest BCUT2D eigenvalue weighted by Gasteiger charge is -2.41. The number of nitrogens with one attached hydrogen (secondary N) is 1. The number of hydrogen-bond acceptors (Lipinski definition) is 9. The zero-order valence-electron chi connectivity index (χ0n) is 36.8. The summed E-state index contributed by atoms with van der Waals surface area (Å²) in [5, 5.41) is 3.58. The molecular formula is C46H69N3O8. The molecule has 1 N–H and O–H groups in total. The fourth-order valence-electron chi connectivity index (χ4n) is 7.40. The number of rotatable bonds is 10. The highest BCUT2D eigenvalue weighted by Gasteiger charge is 2.47. The molecular weight excluding hydrogens is 723 g/mol. The molecule has 2 aliphatic rings. The maximum atomic E-state index is 13.8. The Labute approximate surface area is 341 Å². The SMILES string of the molecule is CC(C)(C)OC(=O)N1CCC(Cc2cccc(CNCc3cccc(CC4(C(=O)OC(C)(C)C)CCN(C(=O)OC(C)(C)C)CC4)c3)c2)(C(=O)OC(C)(C)C)CC1. The summed E-state index contributed by atoms with van der Waals surface area (Å²) in [6.45, 7) is 25.3. The van der Waals surface area contributed by atoms with E-state index in [2.05, 4.69) is 41.7 Å². The lowest BCUT2D eigenvalue weighted by Crippen LogP contribution is -2.50. The molecule has 2 fully saturated rings. The molecule has 0 unspecified atom stereocenters. The van der Waals surface area contributed by atoms with Gasteiger partial charge in [0.25, 0.3) is 0 Å². The predicted octanol–water partition coefficient (Wildman–Crippen LogP) is 8.78. The van der Waals surface area contributed by atoms with Crippen molar-refractivity contribution in [2.75, 3.05) is 26.2 Å². The second kappa shape index (κ2) is 17.8. The monoisotopic (exact) mass is 792 g/mol. The van der Waals surface area contributed by atoms with Crippen molar-refractivity contribution in [1.29, 1.82) is 0 Å². The minimum atomic E-state index is -0.763. The van der Waals surface area contributed by atoms with Crippen LogP contribution in [0, 0.1) is 10.8 Å². The van der Waals surface area contributed by atoms with Gasteiger partial charge in [0.05, 0.1) is 10.8 Å². The molecule has 2 aromatic carbocycles. The van der Waals surface area contributed by atoms with Crippen molar-refractivity contribution >= 4 is 24.1 Å². The highest BCUT2D eigenvalue weighted by molar-refractivity contribution is 5.79. The molecule has 0 bridgehead atoms. The zero-order valence-corrected chi connectivity index (χ0v) is 36.8. The molecule has 0 spiro atoms. The van der Waals surface area contributed by atoms with Gasteiger partial charge in [-0.25, -0.2) is 9.59 Å². The summed E-state index contributed by atoms with van der Waals surface area (Å²) in [7, 11) is 0. The molecule has 0 radical (unpaired) electrons. The molecule has 2 saturated heterocycles. The first-order valence-corrected chi connectivity index (χ1v) is 20.5. The molecule has 2 amide bonds. The largest absolute Gasteiger partial charge is 0.460 e. The number of piperidine rings is 2. The van der Waals surface area contributed by atoms with Crippen LogP contribution in [0.1, 0.15) is 131 Å². The van der Waals surface area contributed by atoms with E-state index in [-0.39, 0.29) is 24.1 Å². The average Bonchev–Trinajstić information content (AvgIpc) is 3.06. The average molecular weight is 792 g/mol. The standard InChI is InChI=1S/C46H69N3O8/c1-41(2,3)54-37(50)45(19-23-48(24-20-45)39(52)56-43(7,8)9)29-33-15-13-17-35(27-33)31-47-32-36-18-14-16-34(28-36)30-46(38(51)55-42(4,5)6)21-25-49(26-22-46)40(53)57-44(10,11)12/h13-18,27-28,47H,19-26,29-32H2,1-12H3. The Morgan fingerprint density at radius 3 is 1.11 bits per heavy atom. The molecule has 0 aliphatic carbocycles. The second-order valence-electron chi connectivity index (χ2n) is 20.1. The van der Waals surface area contributed by atoms with Crippen LogP contribution in [0.2, 0.25) is 0 Å². The number of esters is 2. The van der Waals surface area contributed by atoms with Crippen molar-refractivity contribution in [1.82, 2.24) is 15.1 Å². The molecule has 316 valence electrons. The molecule has 0 atom stereocenters. The van der Waals surface area contributed by atoms with Crippen LogP contribution in [0.5, 0.6) is 0 Å². The van der Waals surface area contributed by atoms with Gasteiger partial charge in [0, 0.05) is 39.3 Å². The van der Waals surface area contributed by atoms with Gasteiger partial charge in [0.15, 0.2) is 0 Å². The van der Waals surface area contributed by atoms with Crippen LogP contribution < -0.4 is 5.32 Å². The number of carbonyl (C=O) groups is 4. The van der Waals surface area contributed by atoms with E-state index in [1.165, 1.54) is 0 Å². The number of likely N-dealkylation sites (tertiary alicyclic amines) is 2. The van der Waals surface area contributed by atoms with Crippen LogP contribution >= 0.6 is 0 Å². The van der Waals surface area contributed by atoms with Crippen molar-refractivity contribution in [3.63, 3.8) is 0 Å². The van der Waals surface area contributed by atoms with Crippen molar-refractivity contribution < 1.29 is 38.1 Å². The minimum absolute atomic E-state index is 0.232. The van der Waals surface area contributed by atoms with Crippen molar-refractivity contribution in [2.24, 2.45) is 10.8 Å². The first-order chi connectivity index (χ1) is 26.3. The van der Waals surface area contributed by atoms with E-state index >= 15 is 0 Å². The normalized spacial score (nSPS) is 17.4. The summed E-state index contributed by atoms with van der Waals surface area (Å²) in [6, 6.07) is 16.6. The highest BCUT2D eigenvalue weighted by atomic mass is 16.6. The van der Waals surface area contributed by atoms with Crippen LogP contribution in [-0.4, -0.2) is 82.5 Å². The zero-order chi connectivity index (χ0) is 42.5. The summed E-state index contributed by atoms with van der Waals surface area (Å²) in [5.41, 5.74) is 0.282. The maximum absolute atomic E-state index is 13.8. The first-order valence-electron chi connectivity index (χ1n) is 20.5. The Kier molecular flexibility index (Phi) is 14.2. The van der Waals surface area contributed by atoms with Crippen LogP contribution in [-0.2, 0) is 54.5 Å². The Balaban J connectivity index is 1.42. The van der Waals surface area contributed by atoms with Gasteiger partial charge >= 0.3 is 24.1 Å². The van der Waals surface area contributed by atoms with E-state index in [9.17, 15) is 19.2 Å². The van der Waals surface area contributed by atoms with Gasteiger partial charge in [-0.05, 0) is 144 Å². The Hall–Kier alpha value is -4.12. The molecule has 2 aliphatic heterocycles. The van der Waals surface area contributed by atoms with E-state index < -0.39 is 33.2 Å². The van der Waals surface area contributed by atoms with Crippen molar-refractivity contribution in [3.8, 4) is 0 Å². The summed E-state index contributed by atoms with van der Waals surface area (Å²) >= 11 is 0. The highest BCUT2D eigenvalue weighted by Crippen LogP contribution is 2.40. The lowest BCUT2D eigenvalue weighted by atomic mass is 9.73. The quantitative estimate of drug-likeness (QED) is 0.186. The van der Waals surface area contributed by atoms with E-state index in [0.717, 1.165) is 22.3 Å². The summed E-state index contributed by atoms with van der Waals surface area (Å²) in [5.74, 6) is -0.464. The van der Waals surface area contributed by atoms with Gasteiger partial charge < -0.3 is 34.1 Å². The van der Waals surface area contributed by atoms with Gasteiger partial charge in [-0.15, -0.1) is 0 Å². The van der Waals surface area contributed by atoms with E-state index in [4.69, 9.17) is 18.9 Å². The Bertz CT molecular complexity index is 1580. The third-order valence-electron chi connectivity index (χ3n) is 10.1. The molecule has 0 aromatic heterocycles. The predicted molar refractivity (Wildman–Crippen MR) is 221 cm³/mol. The number of benzene rings is 2. The molecule has 57 heavy (non-hydrogen) atoms. The molecule has 11 nitrogen and oxygen atoms in total.